The summed E-state index contributed by atoms with van der Waals surface area (Å²) in [5.74, 6) is 0.862. The minimum Gasteiger partial charge on any atom is -0.461 e. The van der Waals surface area contributed by atoms with Gasteiger partial charge in [-0.25, -0.2) is 0 Å². The number of aliphatic hydroxyl groups is 4. The molecule has 0 aliphatic rings. The summed E-state index contributed by atoms with van der Waals surface area (Å²) < 4.78 is 10.2. The first kappa shape index (κ1) is 12.8. The Bertz CT molecular complexity index is 454. The third-order valence-electron chi connectivity index (χ3n) is 2.56. The van der Waals surface area contributed by atoms with E-state index in [2.05, 4.69) is 0 Å². The maximum Gasteiger partial charge on any atom is 0.145 e. The van der Waals surface area contributed by atoms with Crippen LogP contribution < -0.4 is 0 Å². The highest BCUT2D eigenvalue weighted by Crippen LogP contribution is 2.30. The molecule has 0 radical (unpaired) electrons. The van der Waals surface area contributed by atoms with Crippen LogP contribution in [-0.4, -0.2) is 20.4 Å². The number of hydrogen-bond donors (Lipinski definition) is 4. The maximum absolute atomic E-state index is 9.89. The second kappa shape index (κ2) is 5.36. The highest BCUT2D eigenvalue weighted by atomic mass is 16.4. The summed E-state index contributed by atoms with van der Waals surface area (Å²) in [7, 11) is 0. The van der Waals surface area contributed by atoms with Crippen LogP contribution in [0.3, 0.4) is 0 Å². The Morgan fingerprint density at radius 2 is 1.17 bits per heavy atom. The van der Waals surface area contributed by atoms with E-state index in [-0.39, 0.29) is 24.7 Å². The Morgan fingerprint density at radius 1 is 0.778 bits per heavy atom. The van der Waals surface area contributed by atoms with E-state index >= 15 is 0 Å². The third kappa shape index (κ3) is 2.46. The van der Waals surface area contributed by atoms with E-state index < -0.39 is 12.2 Å². The van der Waals surface area contributed by atoms with Crippen LogP contribution in [0.15, 0.2) is 33.1 Å². The van der Waals surface area contributed by atoms with Crippen molar-refractivity contribution in [1.82, 2.24) is 0 Å². The van der Waals surface area contributed by atoms with Crippen LogP contribution in [0.1, 0.15) is 35.2 Å². The van der Waals surface area contributed by atoms with Gasteiger partial charge in [-0.2, -0.15) is 0 Å². The van der Waals surface area contributed by atoms with Crippen molar-refractivity contribution >= 4 is 0 Å². The molecule has 0 bridgehead atoms. The first-order chi connectivity index (χ1) is 8.65. The molecule has 0 aliphatic heterocycles. The zero-order valence-electron chi connectivity index (χ0n) is 9.48. The molecule has 6 heteroatoms. The zero-order chi connectivity index (χ0) is 13.1. The van der Waals surface area contributed by atoms with Gasteiger partial charge in [-0.05, 0) is 24.3 Å². The highest BCUT2D eigenvalue weighted by Gasteiger charge is 2.26. The molecule has 0 saturated heterocycles. The number of aliphatic hydroxyl groups excluding tert-OH is 4. The van der Waals surface area contributed by atoms with Crippen molar-refractivity contribution in [3.8, 4) is 0 Å². The summed E-state index contributed by atoms with van der Waals surface area (Å²) in [5, 5.41) is 37.4. The number of hydrogen-bond acceptors (Lipinski definition) is 6. The van der Waals surface area contributed by atoms with Gasteiger partial charge in [-0.15, -0.1) is 0 Å². The Hall–Kier alpha value is -1.60. The fourth-order valence-electron chi connectivity index (χ4n) is 1.59. The Kier molecular flexibility index (Phi) is 3.83. The van der Waals surface area contributed by atoms with Crippen molar-refractivity contribution in [2.75, 3.05) is 0 Å². The molecular weight excluding hydrogens is 240 g/mol. The summed E-state index contributed by atoms with van der Waals surface area (Å²) in [6, 6.07) is 5.95. The smallest absolute Gasteiger partial charge is 0.145 e. The topological polar surface area (TPSA) is 107 Å². The summed E-state index contributed by atoms with van der Waals surface area (Å²) in [5.41, 5.74) is 0. The monoisotopic (exact) mass is 254 g/mol. The van der Waals surface area contributed by atoms with Gasteiger partial charge in [-0.3, -0.25) is 0 Å². The highest BCUT2D eigenvalue weighted by molar-refractivity contribution is 5.15. The molecule has 18 heavy (non-hydrogen) atoms. The van der Waals surface area contributed by atoms with Gasteiger partial charge >= 0.3 is 0 Å². The molecule has 2 aromatic rings. The molecule has 2 atom stereocenters. The second-order valence-corrected chi connectivity index (χ2v) is 3.81. The van der Waals surface area contributed by atoms with Gasteiger partial charge in [0.1, 0.15) is 48.5 Å². The molecule has 0 saturated carbocycles. The Balaban J connectivity index is 2.14. The molecule has 0 amide bonds. The van der Waals surface area contributed by atoms with Crippen molar-refractivity contribution in [1.29, 1.82) is 0 Å². The van der Waals surface area contributed by atoms with Crippen LogP contribution in [-0.2, 0) is 13.2 Å². The average molecular weight is 254 g/mol. The SMILES string of the molecule is OCc1ccc(C(O)C(O)c2ccc(CO)o2)o1. The summed E-state index contributed by atoms with van der Waals surface area (Å²) in [6.07, 6.45) is -2.61. The summed E-state index contributed by atoms with van der Waals surface area (Å²) >= 11 is 0. The fourth-order valence-corrected chi connectivity index (χ4v) is 1.59. The lowest BCUT2D eigenvalue weighted by Crippen LogP contribution is -2.08. The van der Waals surface area contributed by atoms with Crippen molar-refractivity contribution in [3.05, 3.63) is 47.3 Å². The molecule has 2 rings (SSSR count). The van der Waals surface area contributed by atoms with Gasteiger partial charge in [0.2, 0.25) is 0 Å². The van der Waals surface area contributed by atoms with E-state index in [0.717, 1.165) is 0 Å². The molecule has 0 fully saturated rings. The predicted octanol–water partition coefficient (Wildman–Crippen LogP) is 0.624. The van der Waals surface area contributed by atoms with Gasteiger partial charge in [0.25, 0.3) is 0 Å². The lowest BCUT2D eigenvalue weighted by Gasteiger charge is -2.13. The van der Waals surface area contributed by atoms with E-state index in [0.29, 0.717) is 11.5 Å². The molecule has 2 unspecified atom stereocenters. The average Bonchev–Trinajstić information content (AvgIpc) is 3.05. The molecule has 2 aromatic heterocycles. The fraction of sp³-hybridized carbons (Fsp3) is 0.333. The van der Waals surface area contributed by atoms with Gasteiger partial charge in [0, 0.05) is 0 Å². The van der Waals surface area contributed by atoms with Gasteiger partial charge < -0.3 is 29.3 Å². The number of rotatable bonds is 5. The largest absolute Gasteiger partial charge is 0.461 e. The Labute approximate surface area is 103 Å². The molecule has 0 spiro atoms. The van der Waals surface area contributed by atoms with Crippen LogP contribution in [0.4, 0.5) is 0 Å². The van der Waals surface area contributed by atoms with E-state index in [1.165, 1.54) is 24.3 Å². The zero-order valence-corrected chi connectivity index (χ0v) is 9.48. The maximum atomic E-state index is 9.89. The molecule has 4 N–H and O–H groups in total. The molecule has 6 nitrogen and oxygen atoms in total. The third-order valence-corrected chi connectivity index (χ3v) is 2.56. The van der Waals surface area contributed by atoms with Crippen LogP contribution in [0.25, 0.3) is 0 Å². The first-order valence-corrected chi connectivity index (χ1v) is 5.40. The molecule has 2 heterocycles. The summed E-state index contributed by atoms with van der Waals surface area (Å²) in [6.45, 7) is -0.559. The van der Waals surface area contributed by atoms with E-state index in [9.17, 15) is 10.2 Å². The standard InChI is InChI=1S/C12H14O6/c13-5-7-1-3-9(17-7)11(15)12(16)10-4-2-8(6-14)18-10/h1-4,11-16H,5-6H2. The Morgan fingerprint density at radius 3 is 1.44 bits per heavy atom. The normalized spacial score (nSPS) is 14.7. The van der Waals surface area contributed by atoms with Crippen molar-refractivity contribution in [2.24, 2.45) is 0 Å². The van der Waals surface area contributed by atoms with Crippen LogP contribution in [0.5, 0.6) is 0 Å². The second-order valence-electron chi connectivity index (χ2n) is 3.81. The van der Waals surface area contributed by atoms with Crippen LogP contribution in [0, 0.1) is 0 Å². The summed E-state index contributed by atoms with van der Waals surface area (Å²) in [4.78, 5) is 0. The molecule has 0 aliphatic carbocycles. The molecular formula is C12H14O6. The van der Waals surface area contributed by atoms with Crippen LogP contribution in [0.2, 0.25) is 0 Å². The van der Waals surface area contributed by atoms with Crippen molar-refractivity contribution in [3.63, 3.8) is 0 Å². The van der Waals surface area contributed by atoms with Gasteiger partial charge in [0.05, 0.1) is 0 Å². The molecule has 0 aromatic carbocycles. The predicted molar refractivity (Wildman–Crippen MR) is 59.2 cm³/mol. The van der Waals surface area contributed by atoms with E-state index in [1.807, 2.05) is 0 Å². The first-order valence-electron chi connectivity index (χ1n) is 5.40. The minimum atomic E-state index is -1.30. The lowest BCUT2D eigenvalue weighted by atomic mass is 10.1. The van der Waals surface area contributed by atoms with Gasteiger partial charge in [-0.1, -0.05) is 0 Å². The van der Waals surface area contributed by atoms with Crippen LogP contribution >= 0.6 is 0 Å². The molecule has 98 valence electrons. The van der Waals surface area contributed by atoms with Crippen molar-refractivity contribution < 1.29 is 29.3 Å². The quantitative estimate of drug-likeness (QED) is 0.623. The lowest BCUT2D eigenvalue weighted by molar-refractivity contribution is -0.0100. The van der Waals surface area contributed by atoms with E-state index in [1.54, 1.807) is 0 Å². The van der Waals surface area contributed by atoms with Gasteiger partial charge in [0.15, 0.2) is 0 Å². The van der Waals surface area contributed by atoms with E-state index in [4.69, 9.17) is 19.0 Å². The number of furan rings is 2. The minimum absolute atomic E-state index is 0.133. The van der Waals surface area contributed by atoms with Crippen molar-refractivity contribution in [2.45, 2.75) is 25.4 Å².